The van der Waals surface area contributed by atoms with E-state index in [2.05, 4.69) is 20.4 Å². The van der Waals surface area contributed by atoms with E-state index < -0.39 is 10.0 Å². The van der Waals surface area contributed by atoms with Crippen molar-refractivity contribution in [2.45, 2.75) is 29.6 Å². The second-order valence-electron chi connectivity index (χ2n) is 4.27. The molecule has 0 radical (unpaired) electrons. The molecule has 0 spiro atoms. The molecule has 102 valence electrons. The van der Waals surface area contributed by atoms with Crippen molar-refractivity contribution in [2.75, 3.05) is 5.32 Å². The lowest BCUT2D eigenvalue weighted by atomic mass is 10.1. The van der Waals surface area contributed by atoms with Crippen molar-refractivity contribution < 1.29 is 8.42 Å². The SMILES string of the molecule is NS(=O)(=O)c1cnc(NC2CCc3ncnn3C2)s1. The topological polar surface area (TPSA) is 116 Å². The molecule has 0 bridgehead atoms. The summed E-state index contributed by atoms with van der Waals surface area (Å²) < 4.78 is 24.2. The van der Waals surface area contributed by atoms with E-state index in [0.717, 1.165) is 30.0 Å². The molecule has 3 heterocycles. The third kappa shape index (κ3) is 2.60. The molecule has 1 atom stereocenters. The van der Waals surface area contributed by atoms with Gasteiger partial charge < -0.3 is 5.32 Å². The molecule has 2 aromatic rings. The quantitative estimate of drug-likeness (QED) is 0.811. The van der Waals surface area contributed by atoms with E-state index in [9.17, 15) is 8.42 Å². The summed E-state index contributed by atoms with van der Waals surface area (Å²) in [5.74, 6) is 0.974. The molecule has 2 aromatic heterocycles. The van der Waals surface area contributed by atoms with Gasteiger partial charge in [0.05, 0.1) is 12.7 Å². The Morgan fingerprint density at radius 2 is 2.32 bits per heavy atom. The van der Waals surface area contributed by atoms with Crippen molar-refractivity contribution in [1.29, 1.82) is 0 Å². The first-order valence-electron chi connectivity index (χ1n) is 5.64. The number of rotatable bonds is 3. The molecule has 3 N–H and O–H groups in total. The number of thiazole rings is 1. The maximum atomic E-state index is 11.2. The van der Waals surface area contributed by atoms with Gasteiger partial charge in [-0.25, -0.2) is 28.2 Å². The predicted molar refractivity (Wildman–Crippen MR) is 69.2 cm³/mol. The van der Waals surface area contributed by atoms with Gasteiger partial charge in [0, 0.05) is 12.5 Å². The molecule has 1 aliphatic heterocycles. The molecule has 1 unspecified atom stereocenters. The Bertz CT molecular complexity index is 691. The van der Waals surface area contributed by atoms with Crippen LogP contribution in [-0.2, 0) is 23.0 Å². The summed E-state index contributed by atoms with van der Waals surface area (Å²) in [6, 6.07) is 0.161. The van der Waals surface area contributed by atoms with Gasteiger partial charge in [-0.05, 0) is 6.42 Å². The zero-order valence-electron chi connectivity index (χ0n) is 9.85. The fourth-order valence-electron chi connectivity index (χ4n) is 1.99. The van der Waals surface area contributed by atoms with E-state index in [1.54, 1.807) is 6.33 Å². The van der Waals surface area contributed by atoms with Crippen LogP contribution in [0.15, 0.2) is 16.7 Å². The van der Waals surface area contributed by atoms with E-state index in [4.69, 9.17) is 5.14 Å². The maximum absolute atomic E-state index is 11.2. The van der Waals surface area contributed by atoms with Crippen LogP contribution in [-0.4, -0.2) is 34.2 Å². The van der Waals surface area contributed by atoms with Gasteiger partial charge in [-0.2, -0.15) is 5.10 Å². The number of aryl methyl sites for hydroxylation is 1. The largest absolute Gasteiger partial charge is 0.357 e. The molecule has 8 nitrogen and oxygen atoms in total. The summed E-state index contributed by atoms with van der Waals surface area (Å²) in [4.78, 5) is 8.17. The monoisotopic (exact) mass is 300 g/mol. The molecule has 19 heavy (non-hydrogen) atoms. The molecule has 0 saturated carbocycles. The van der Waals surface area contributed by atoms with Crippen molar-refractivity contribution in [3.63, 3.8) is 0 Å². The second kappa shape index (κ2) is 4.54. The molecule has 1 aliphatic rings. The fraction of sp³-hybridized carbons (Fsp3) is 0.444. The number of sulfonamides is 1. The Labute approximate surface area is 113 Å². The van der Waals surface area contributed by atoms with Crippen molar-refractivity contribution in [1.82, 2.24) is 19.7 Å². The lowest BCUT2D eigenvalue weighted by molar-refractivity contribution is 0.441. The van der Waals surface area contributed by atoms with E-state index in [1.165, 1.54) is 6.20 Å². The van der Waals surface area contributed by atoms with Gasteiger partial charge in [0.25, 0.3) is 0 Å². The third-order valence-corrected chi connectivity index (χ3v) is 5.23. The van der Waals surface area contributed by atoms with E-state index in [-0.39, 0.29) is 10.3 Å². The van der Waals surface area contributed by atoms with Crippen molar-refractivity contribution in [3.8, 4) is 0 Å². The van der Waals surface area contributed by atoms with Crippen LogP contribution in [0.1, 0.15) is 12.2 Å². The van der Waals surface area contributed by atoms with Crippen LogP contribution in [0.25, 0.3) is 0 Å². The number of anilines is 1. The summed E-state index contributed by atoms with van der Waals surface area (Å²) in [5, 5.41) is 12.9. The first-order chi connectivity index (χ1) is 9.02. The Kier molecular flexibility index (Phi) is 2.99. The maximum Gasteiger partial charge on any atom is 0.249 e. The van der Waals surface area contributed by atoms with Crippen LogP contribution in [0.5, 0.6) is 0 Å². The lowest BCUT2D eigenvalue weighted by Crippen LogP contribution is -2.31. The Morgan fingerprint density at radius 3 is 3.05 bits per heavy atom. The van der Waals surface area contributed by atoms with Gasteiger partial charge in [0.15, 0.2) is 9.34 Å². The second-order valence-corrected chi connectivity index (χ2v) is 7.09. The zero-order valence-corrected chi connectivity index (χ0v) is 11.5. The molecule has 0 fully saturated rings. The van der Waals surface area contributed by atoms with Gasteiger partial charge >= 0.3 is 0 Å². The molecule has 3 rings (SSSR count). The van der Waals surface area contributed by atoms with E-state index in [0.29, 0.717) is 11.7 Å². The van der Waals surface area contributed by atoms with Crippen molar-refractivity contribution in [3.05, 3.63) is 18.3 Å². The number of nitrogens with one attached hydrogen (secondary N) is 1. The van der Waals surface area contributed by atoms with Gasteiger partial charge in [0.2, 0.25) is 10.0 Å². The summed E-state index contributed by atoms with van der Waals surface area (Å²) in [5.41, 5.74) is 0. The number of hydrogen-bond acceptors (Lipinski definition) is 7. The Morgan fingerprint density at radius 1 is 1.47 bits per heavy atom. The summed E-state index contributed by atoms with van der Waals surface area (Å²) in [7, 11) is -3.67. The van der Waals surface area contributed by atoms with Gasteiger partial charge in [0.1, 0.15) is 12.2 Å². The molecular weight excluding hydrogens is 288 g/mol. The minimum Gasteiger partial charge on any atom is -0.357 e. The third-order valence-electron chi connectivity index (χ3n) is 2.90. The number of primary sulfonamides is 1. The van der Waals surface area contributed by atoms with Gasteiger partial charge in [-0.15, -0.1) is 0 Å². The van der Waals surface area contributed by atoms with Gasteiger partial charge in [-0.1, -0.05) is 11.3 Å². The summed E-state index contributed by atoms with van der Waals surface area (Å²) >= 11 is 1.04. The minimum atomic E-state index is -3.67. The number of fused-ring (bicyclic) bond motifs is 1. The number of nitrogens with two attached hydrogens (primary N) is 1. The highest BCUT2D eigenvalue weighted by Crippen LogP contribution is 2.24. The van der Waals surface area contributed by atoms with Gasteiger partial charge in [-0.3, -0.25) is 0 Å². The highest BCUT2D eigenvalue weighted by Gasteiger charge is 2.21. The van der Waals surface area contributed by atoms with Crippen molar-refractivity contribution >= 4 is 26.5 Å². The summed E-state index contributed by atoms with van der Waals surface area (Å²) in [6.45, 7) is 0.694. The smallest absolute Gasteiger partial charge is 0.249 e. The Hall–Kier alpha value is -1.52. The zero-order chi connectivity index (χ0) is 13.5. The fourth-order valence-corrected chi connectivity index (χ4v) is 3.52. The lowest BCUT2D eigenvalue weighted by Gasteiger charge is -2.23. The van der Waals surface area contributed by atoms with Crippen LogP contribution in [0.3, 0.4) is 0 Å². The highest BCUT2D eigenvalue weighted by atomic mass is 32.2. The number of hydrogen-bond donors (Lipinski definition) is 2. The molecule has 10 heteroatoms. The first-order valence-corrected chi connectivity index (χ1v) is 8.00. The average molecular weight is 300 g/mol. The minimum absolute atomic E-state index is 0.0623. The van der Waals surface area contributed by atoms with Crippen LogP contribution in [0.4, 0.5) is 5.13 Å². The standard InChI is InChI=1S/C9H12N6O2S2/c10-19(16,17)8-3-11-9(18-8)14-6-1-2-7-12-5-13-15(7)4-6/h3,5-6H,1-2,4H2,(H,11,14)(H2,10,16,17). The number of nitrogens with zero attached hydrogens (tertiary/aromatic N) is 4. The first kappa shape index (κ1) is 12.5. The molecule has 0 aromatic carbocycles. The molecular formula is C9H12N6O2S2. The predicted octanol–water partition coefficient (Wildman–Crippen LogP) is -0.191. The van der Waals surface area contributed by atoms with Crippen molar-refractivity contribution in [2.24, 2.45) is 5.14 Å². The summed E-state index contributed by atoms with van der Waals surface area (Å²) in [6.07, 6.45) is 4.56. The van der Waals surface area contributed by atoms with E-state index in [1.807, 2.05) is 4.68 Å². The van der Waals surface area contributed by atoms with E-state index >= 15 is 0 Å². The average Bonchev–Trinajstić information content (AvgIpc) is 2.95. The Balaban J connectivity index is 1.72. The van der Waals surface area contributed by atoms with Crippen LogP contribution in [0, 0.1) is 0 Å². The molecule has 0 amide bonds. The van der Waals surface area contributed by atoms with Crippen LogP contribution < -0.4 is 10.5 Å². The normalized spacial score (nSPS) is 19.1. The van der Waals surface area contributed by atoms with Crippen LogP contribution >= 0.6 is 11.3 Å². The van der Waals surface area contributed by atoms with Crippen LogP contribution in [0.2, 0.25) is 0 Å². The highest BCUT2D eigenvalue weighted by molar-refractivity contribution is 7.91. The molecule has 0 aliphatic carbocycles. The molecule has 0 saturated heterocycles. The number of aromatic nitrogens is 4.